The Hall–Kier alpha value is -0.600. The van der Waals surface area contributed by atoms with E-state index < -0.39 is 12.8 Å². The molecule has 1 N–H and O–H groups in total. The normalized spacial score (nSPS) is 11.5. The molecule has 0 radical (unpaired) electrons. The molecule has 3 nitrogen and oxygen atoms in total. The summed E-state index contributed by atoms with van der Waals surface area (Å²) in [5.41, 5.74) is 0. The molecule has 8 heteroatoms. The highest BCUT2D eigenvalue weighted by atomic mass is 79.9. The van der Waals surface area contributed by atoms with Crippen molar-refractivity contribution in [1.82, 2.24) is 5.32 Å². The van der Waals surface area contributed by atoms with Crippen molar-refractivity contribution >= 4 is 33.2 Å². The van der Waals surface area contributed by atoms with Crippen molar-refractivity contribution in [2.24, 2.45) is 0 Å². The summed E-state index contributed by atoms with van der Waals surface area (Å²) in [6, 6.07) is 3.35. The summed E-state index contributed by atoms with van der Waals surface area (Å²) < 4.78 is 40.2. The van der Waals surface area contributed by atoms with E-state index >= 15 is 0 Å². The van der Waals surface area contributed by atoms with E-state index in [9.17, 15) is 18.0 Å². The Morgan fingerprint density at radius 3 is 2.71 bits per heavy atom. The van der Waals surface area contributed by atoms with Crippen LogP contribution in [0.5, 0.6) is 0 Å². The predicted octanol–water partition coefficient (Wildman–Crippen LogP) is 2.82. The molecular formula is C9H9BrF3NO2S. The number of carbonyl (C=O) groups is 1. The van der Waals surface area contributed by atoms with E-state index in [0.29, 0.717) is 4.88 Å². The van der Waals surface area contributed by atoms with Crippen LogP contribution < -0.4 is 5.32 Å². The largest absolute Gasteiger partial charge is 0.411 e. The van der Waals surface area contributed by atoms with Gasteiger partial charge in [0.25, 0.3) is 5.91 Å². The zero-order valence-corrected chi connectivity index (χ0v) is 10.9. The van der Waals surface area contributed by atoms with Gasteiger partial charge in [-0.2, -0.15) is 13.2 Å². The lowest BCUT2D eigenvalue weighted by molar-refractivity contribution is -0.173. The van der Waals surface area contributed by atoms with Crippen molar-refractivity contribution in [3.05, 3.63) is 20.8 Å². The van der Waals surface area contributed by atoms with Gasteiger partial charge in [-0.3, -0.25) is 4.79 Å². The molecule has 0 aliphatic heterocycles. The SMILES string of the molecule is O=C(NCCOCC(F)(F)F)c1ccc(Br)s1. The van der Waals surface area contributed by atoms with Crippen molar-refractivity contribution < 1.29 is 22.7 Å². The monoisotopic (exact) mass is 331 g/mol. The maximum Gasteiger partial charge on any atom is 0.411 e. The van der Waals surface area contributed by atoms with Crippen LogP contribution in [0.15, 0.2) is 15.9 Å². The molecule has 0 atom stereocenters. The first-order chi connectivity index (χ1) is 7.88. The Bertz CT molecular complexity index is 381. The molecule has 0 aliphatic carbocycles. The van der Waals surface area contributed by atoms with E-state index in [4.69, 9.17) is 0 Å². The van der Waals surface area contributed by atoms with Crippen LogP contribution in [-0.2, 0) is 4.74 Å². The van der Waals surface area contributed by atoms with E-state index in [1.807, 2.05) is 0 Å². The van der Waals surface area contributed by atoms with Crippen LogP contribution in [-0.4, -0.2) is 31.8 Å². The number of hydrogen-bond donors (Lipinski definition) is 1. The number of rotatable bonds is 5. The van der Waals surface area contributed by atoms with E-state index in [0.717, 1.165) is 3.79 Å². The topological polar surface area (TPSA) is 38.3 Å². The number of nitrogens with one attached hydrogen (secondary N) is 1. The summed E-state index contributed by atoms with van der Waals surface area (Å²) >= 11 is 4.45. The van der Waals surface area contributed by atoms with Gasteiger partial charge in [0.2, 0.25) is 0 Å². The van der Waals surface area contributed by atoms with Crippen molar-refractivity contribution in [3.8, 4) is 0 Å². The minimum absolute atomic E-state index is 0.0461. The molecule has 1 heterocycles. The lowest BCUT2D eigenvalue weighted by atomic mass is 10.4. The first kappa shape index (κ1) is 14.5. The van der Waals surface area contributed by atoms with Crippen molar-refractivity contribution in [2.45, 2.75) is 6.18 Å². The minimum Gasteiger partial charge on any atom is -0.370 e. The maximum atomic E-state index is 11.7. The van der Waals surface area contributed by atoms with Gasteiger partial charge in [0.1, 0.15) is 6.61 Å². The van der Waals surface area contributed by atoms with Gasteiger partial charge in [-0.1, -0.05) is 0 Å². The van der Waals surface area contributed by atoms with Gasteiger partial charge >= 0.3 is 6.18 Å². The number of thiophene rings is 1. The molecule has 96 valence electrons. The number of ether oxygens (including phenoxy) is 1. The van der Waals surface area contributed by atoms with Crippen LogP contribution in [0.25, 0.3) is 0 Å². The summed E-state index contributed by atoms with van der Waals surface area (Å²) in [6.45, 7) is -1.42. The average molecular weight is 332 g/mol. The fourth-order valence-electron chi connectivity index (χ4n) is 0.948. The molecule has 0 bridgehead atoms. The molecular weight excluding hydrogens is 323 g/mol. The fraction of sp³-hybridized carbons (Fsp3) is 0.444. The van der Waals surface area contributed by atoms with E-state index in [1.165, 1.54) is 11.3 Å². The van der Waals surface area contributed by atoms with Gasteiger partial charge in [-0.05, 0) is 28.1 Å². The Kier molecular flexibility index (Phi) is 5.41. The van der Waals surface area contributed by atoms with E-state index in [2.05, 4.69) is 26.0 Å². The standard InChI is InChI=1S/C9H9BrF3NO2S/c10-7-2-1-6(17-7)8(15)14-3-4-16-5-9(11,12)13/h1-2H,3-5H2,(H,14,15). The van der Waals surface area contributed by atoms with Crippen molar-refractivity contribution in [2.75, 3.05) is 19.8 Å². The van der Waals surface area contributed by atoms with Crippen molar-refractivity contribution in [3.63, 3.8) is 0 Å². The van der Waals surface area contributed by atoms with Gasteiger partial charge < -0.3 is 10.1 Å². The Labute approximate surface area is 108 Å². The van der Waals surface area contributed by atoms with Crippen LogP contribution in [0, 0.1) is 0 Å². The highest BCUT2D eigenvalue weighted by Gasteiger charge is 2.27. The van der Waals surface area contributed by atoms with Gasteiger partial charge in [0, 0.05) is 6.54 Å². The third-order valence-electron chi connectivity index (χ3n) is 1.59. The van der Waals surface area contributed by atoms with E-state index in [1.54, 1.807) is 12.1 Å². The lowest BCUT2D eigenvalue weighted by Gasteiger charge is -2.07. The second-order valence-corrected chi connectivity index (χ2v) is 5.49. The second-order valence-electron chi connectivity index (χ2n) is 3.03. The molecule has 0 unspecified atom stereocenters. The van der Waals surface area contributed by atoms with Crippen LogP contribution in [0.1, 0.15) is 9.67 Å². The van der Waals surface area contributed by atoms with Gasteiger partial charge in [0.05, 0.1) is 15.3 Å². The van der Waals surface area contributed by atoms with Gasteiger partial charge in [-0.15, -0.1) is 11.3 Å². The second kappa shape index (κ2) is 6.36. The maximum absolute atomic E-state index is 11.7. The van der Waals surface area contributed by atoms with E-state index in [-0.39, 0.29) is 19.1 Å². The summed E-state index contributed by atoms with van der Waals surface area (Å²) in [6.07, 6.45) is -4.33. The number of halogens is 4. The quantitative estimate of drug-likeness (QED) is 0.842. The highest BCUT2D eigenvalue weighted by Crippen LogP contribution is 2.21. The molecule has 1 rings (SSSR count). The number of amides is 1. The molecule has 1 aromatic heterocycles. The molecule has 1 aromatic rings. The summed E-state index contributed by atoms with van der Waals surface area (Å²) in [7, 11) is 0. The average Bonchev–Trinajstić information content (AvgIpc) is 2.62. The van der Waals surface area contributed by atoms with Crippen LogP contribution >= 0.6 is 27.3 Å². The van der Waals surface area contributed by atoms with Crippen LogP contribution in [0.2, 0.25) is 0 Å². The molecule has 0 spiro atoms. The zero-order chi connectivity index (χ0) is 12.9. The first-order valence-electron chi connectivity index (χ1n) is 4.56. The van der Waals surface area contributed by atoms with Crippen LogP contribution in [0.4, 0.5) is 13.2 Å². The number of hydrogen-bond acceptors (Lipinski definition) is 3. The molecule has 0 aromatic carbocycles. The minimum atomic E-state index is -4.33. The highest BCUT2D eigenvalue weighted by molar-refractivity contribution is 9.11. The lowest BCUT2D eigenvalue weighted by Crippen LogP contribution is -2.28. The third kappa shape index (κ3) is 6.04. The number of alkyl halides is 3. The molecule has 0 saturated carbocycles. The Balaban J connectivity index is 2.17. The molecule has 0 aliphatic rings. The third-order valence-corrected chi connectivity index (χ3v) is 3.22. The van der Waals surface area contributed by atoms with Crippen molar-refractivity contribution in [1.29, 1.82) is 0 Å². The summed E-state index contributed by atoms with van der Waals surface area (Å²) in [5.74, 6) is -0.323. The van der Waals surface area contributed by atoms with Crippen LogP contribution in [0.3, 0.4) is 0 Å². The summed E-state index contributed by atoms with van der Waals surface area (Å²) in [4.78, 5) is 11.9. The van der Waals surface area contributed by atoms with Gasteiger partial charge in [0.15, 0.2) is 0 Å². The van der Waals surface area contributed by atoms with Gasteiger partial charge in [-0.25, -0.2) is 0 Å². The molecule has 17 heavy (non-hydrogen) atoms. The molecule has 0 saturated heterocycles. The number of carbonyl (C=O) groups excluding carboxylic acids is 1. The zero-order valence-electron chi connectivity index (χ0n) is 8.51. The Morgan fingerprint density at radius 2 is 2.18 bits per heavy atom. The fourth-order valence-corrected chi connectivity index (χ4v) is 2.25. The molecule has 1 amide bonds. The first-order valence-corrected chi connectivity index (χ1v) is 6.17. The summed E-state index contributed by atoms with van der Waals surface area (Å²) in [5, 5.41) is 2.46. The Morgan fingerprint density at radius 1 is 1.47 bits per heavy atom. The predicted molar refractivity (Wildman–Crippen MR) is 61.2 cm³/mol. The smallest absolute Gasteiger partial charge is 0.370 e. The molecule has 0 fully saturated rings.